The van der Waals surface area contributed by atoms with E-state index < -0.39 is 11.6 Å². The van der Waals surface area contributed by atoms with Gasteiger partial charge in [0, 0.05) is 80.1 Å². The normalized spacial score (nSPS) is 19.1. The second kappa shape index (κ2) is 10.4. The van der Waals surface area contributed by atoms with Gasteiger partial charge in [-0.2, -0.15) is 0 Å². The molecule has 0 aromatic heterocycles. The van der Waals surface area contributed by atoms with Crippen molar-refractivity contribution in [1.29, 1.82) is 10.8 Å². The van der Waals surface area contributed by atoms with Gasteiger partial charge < -0.3 is 31.0 Å². The van der Waals surface area contributed by atoms with Crippen molar-refractivity contribution in [1.82, 2.24) is 15.5 Å². The van der Waals surface area contributed by atoms with Gasteiger partial charge in [0.2, 0.25) is 5.91 Å². The lowest BCUT2D eigenvalue weighted by Gasteiger charge is -2.32. The average Bonchev–Trinajstić information content (AvgIpc) is 3.27. The largest absolute Gasteiger partial charge is 0.393 e. The molecule has 2 aliphatic heterocycles. The van der Waals surface area contributed by atoms with Gasteiger partial charge in [0.15, 0.2) is 11.6 Å². The Morgan fingerprint density at radius 3 is 2.75 bits per heavy atom. The Morgan fingerprint density at radius 1 is 1.34 bits per heavy atom. The Hall–Kier alpha value is -3.27. The van der Waals surface area contributed by atoms with Gasteiger partial charge in [-0.1, -0.05) is 0 Å². The highest BCUT2D eigenvalue weighted by molar-refractivity contribution is 6.10. The van der Waals surface area contributed by atoms with Crippen LogP contribution in [0, 0.1) is 22.5 Å². The highest BCUT2D eigenvalue weighted by Crippen LogP contribution is 2.26. The first kappa shape index (κ1) is 23.4. The Bertz CT molecular complexity index is 969. The van der Waals surface area contributed by atoms with Crippen LogP contribution in [0.2, 0.25) is 0 Å². The van der Waals surface area contributed by atoms with E-state index in [9.17, 15) is 13.6 Å². The SMILES string of the molecule is CN/C=C(\C=N)c1cc(NC(=N)C2=C(NC3CCOC3)CCN(C(C)=O)C2)cc(F)c1F. The van der Waals surface area contributed by atoms with Crippen molar-refractivity contribution in [3.63, 3.8) is 0 Å². The van der Waals surface area contributed by atoms with E-state index in [-0.39, 0.29) is 41.2 Å². The molecule has 2 heterocycles. The number of nitrogens with zero attached hydrogens (tertiary/aromatic N) is 1. The van der Waals surface area contributed by atoms with Gasteiger partial charge in [0.1, 0.15) is 5.84 Å². The van der Waals surface area contributed by atoms with Gasteiger partial charge in [0.25, 0.3) is 0 Å². The summed E-state index contributed by atoms with van der Waals surface area (Å²) in [5.74, 6) is -2.27. The fraction of sp³-hybridized carbons (Fsp3) is 0.409. The maximum atomic E-state index is 14.4. The number of halogens is 2. The standard InChI is InChI=1S/C22H28F2N6O2/c1-13(31)30-5-3-20(28-15-4-6-32-12-15)18(11-30)22(26)29-16-7-17(14(9-25)10-27-2)21(24)19(23)8-16/h7-10,15,25,27-28H,3-6,11-12H2,1-2H3,(H2,26,29)/b14-10+,25-9?. The number of ether oxygens (including phenoxy) is 1. The molecule has 1 aromatic carbocycles. The van der Waals surface area contributed by atoms with E-state index in [0.29, 0.717) is 31.8 Å². The number of amidine groups is 1. The van der Waals surface area contributed by atoms with Crippen LogP contribution in [0.1, 0.15) is 25.3 Å². The van der Waals surface area contributed by atoms with Crippen LogP contribution in [0.4, 0.5) is 14.5 Å². The summed E-state index contributed by atoms with van der Waals surface area (Å²) in [5.41, 5.74) is 1.65. The summed E-state index contributed by atoms with van der Waals surface area (Å²) >= 11 is 0. The summed E-state index contributed by atoms with van der Waals surface area (Å²) in [7, 11) is 1.59. The number of carbonyl (C=O) groups is 1. The lowest BCUT2D eigenvalue weighted by molar-refractivity contribution is -0.128. The average molecular weight is 447 g/mol. The number of allylic oxidation sites excluding steroid dienone is 1. The molecule has 0 spiro atoms. The summed E-state index contributed by atoms with van der Waals surface area (Å²) in [5, 5.41) is 25.1. The number of rotatable bonds is 7. The minimum Gasteiger partial charge on any atom is -0.393 e. The van der Waals surface area contributed by atoms with Crippen LogP contribution in [0.25, 0.3) is 5.57 Å². The zero-order valence-corrected chi connectivity index (χ0v) is 18.1. The third-order valence-corrected chi connectivity index (χ3v) is 5.46. The second-order valence-corrected chi connectivity index (χ2v) is 7.70. The quantitative estimate of drug-likeness (QED) is 0.326. The topological polar surface area (TPSA) is 113 Å². The summed E-state index contributed by atoms with van der Waals surface area (Å²) < 4.78 is 34.1. The van der Waals surface area contributed by atoms with Gasteiger partial charge in [-0.3, -0.25) is 10.2 Å². The monoisotopic (exact) mass is 446 g/mol. The van der Waals surface area contributed by atoms with Gasteiger partial charge in [-0.05, 0) is 12.5 Å². The minimum atomic E-state index is -1.09. The molecule has 2 aliphatic rings. The lowest BCUT2D eigenvalue weighted by atomic mass is 10.0. The predicted octanol–water partition coefficient (Wildman–Crippen LogP) is 2.45. The number of nitrogens with one attached hydrogen (secondary N) is 5. The van der Waals surface area contributed by atoms with Crippen LogP contribution in [0.15, 0.2) is 29.6 Å². The zero-order valence-electron chi connectivity index (χ0n) is 18.1. The second-order valence-electron chi connectivity index (χ2n) is 7.70. The van der Waals surface area contributed by atoms with Crippen molar-refractivity contribution in [3.8, 4) is 0 Å². The fourth-order valence-corrected chi connectivity index (χ4v) is 3.76. The van der Waals surface area contributed by atoms with Crippen LogP contribution in [0.3, 0.4) is 0 Å². The van der Waals surface area contributed by atoms with Crippen molar-refractivity contribution >= 4 is 29.2 Å². The molecule has 0 saturated carbocycles. The molecular formula is C22H28F2N6O2. The van der Waals surface area contributed by atoms with Crippen LogP contribution >= 0.6 is 0 Å². The van der Waals surface area contributed by atoms with Crippen LogP contribution < -0.4 is 16.0 Å². The molecule has 1 atom stereocenters. The molecule has 3 rings (SSSR count). The molecule has 172 valence electrons. The first-order valence-corrected chi connectivity index (χ1v) is 10.4. The minimum absolute atomic E-state index is 0.0108. The molecule has 1 aromatic rings. The Morgan fingerprint density at radius 2 is 2.12 bits per heavy atom. The molecule has 0 bridgehead atoms. The van der Waals surface area contributed by atoms with Gasteiger partial charge in [-0.15, -0.1) is 0 Å². The van der Waals surface area contributed by atoms with Crippen molar-refractivity contribution in [2.75, 3.05) is 38.7 Å². The fourth-order valence-electron chi connectivity index (χ4n) is 3.76. The summed E-state index contributed by atoms with van der Waals surface area (Å²) in [4.78, 5) is 13.6. The molecule has 5 N–H and O–H groups in total. The van der Waals surface area contributed by atoms with Crippen molar-refractivity contribution in [2.24, 2.45) is 0 Å². The molecule has 1 fully saturated rings. The van der Waals surface area contributed by atoms with Gasteiger partial charge in [-0.25, -0.2) is 8.78 Å². The molecule has 0 aliphatic carbocycles. The van der Waals surface area contributed by atoms with E-state index in [1.165, 1.54) is 19.2 Å². The number of amides is 1. The maximum Gasteiger partial charge on any atom is 0.219 e. The van der Waals surface area contributed by atoms with Gasteiger partial charge in [0.05, 0.1) is 19.2 Å². The smallest absolute Gasteiger partial charge is 0.219 e. The van der Waals surface area contributed by atoms with Crippen LogP contribution in [0.5, 0.6) is 0 Å². The summed E-state index contributed by atoms with van der Waals surface area (Å²) in [6, 6.07) is 2.46. The number of hydrogen-bond donors (Lipinski definition) is 5. The van der Waals surface area contributed by atoms with E-state index in [2.05, 4.69) is 16.0 Å². The third kappa shape index (κ3) is 5.31. The van der Waals surface area contributed by atoms with E-state index in [1.807, 2.05) is 0 Å². The van der Waals surface area contributed by atoms with Crippen molar-refractivity contribution in [3.05, 3.63) is 46.8 Å². The van der Waals surface area contributed by atoms with E-state index in [1.54, 1.807) is 11.9 Å². The first-order chi connectivity index (χ1) is 15.3. The first-order valence-electron chi connectivity index (χ1n) is 10.4. The maximum absolute atomic E-state index is 14.4. The summed E-state index contributed by atoms with van der Waals surface area (Å²) in [6.07, 6.45) is 3.72. The number of benzene rings is 1. The number of hydrogen-bond acceptors (Lipinski definition) is 6. The molecular weight excluding hydrogens is 418 g/mol. The molecule has 32 heavy (non-hydrogen) atoms. The van der Waals surface area contributed by atoms with E-state index >= 15 is 0 Å². The molecule has 1 saturated heterocycles. The Kier molecular flexibility index (Phi) is 7.57. The van der Waals surface area contributed by atoms with Crippen molar-refractivity contribution in [2.45, 2.75) is 25.8 Å². The number of carbonyl (C=O) groups excluding carboxylic acids is 1. The molecule has 1 amide bonds. The molecule has 0 radical (unpaired) electrons. The predicted molar refractivity (Wildman–Crippen MR) is 120 cm³/mol. The highest BCUT2D eigenvalue weighted by Gasteiger charge is 2.26. The molecule has 1 unspecified atom stereocenters. The van der Waals surface area contributed by atoms with E-state index in [0.717, 1.165) is 24.4 Å². The highest BCUT2D eigenvalue weighted by atomic mass is 19.2. The van der Waals surface area contributed by atoms with Crippen molar-refractivity contribution < 1.29 is 18.3 Å². The number of anilines is 1. The molecule has 8 nitrogen and oxygen atoms in total. The van der Waals surface area contributed by atoms with Crippen LogP contribution in [-0.4, -0.2) is 62.3 Å². The van der Waals surface area contributed by atoms with Crippen LogP contribution in [-0.2, 0) is 9.53 Å². The lowest BCUT2D eigenvalue weighted by Crippen LogP contribution is -2.42. The van der Waals surface area contributed by atoms with E-state index in [4.69, 9.17) is 15.6 Å². The summed E-state index contributed by atoms with van der Waals surface area (Å²) in [6.45, 7) is 3.49. The third-order valence-electron chi connectivity index (χ3n) is 5.46. The Balaban J connectivity index is 1.90. The molecule has 10 heteroatoms. The zero-order chi connectivity index (χ0) is 23.3. The van der Waals surface area contributed by atoms with Gasteiger partial charge >= 0.3 is 0 Å². The Labute approximate surface area is 185 Å².